The molecule has 3 aromatic rings. The first-order chi connectivity index (χ1) is 9.56. The minimum Gasteiger partial charge on any atom is -0.399 e. The number of hydrogen-bond acceptors (Lipinski definition) is 2. The summed E-state index contributed by atoms with van der Waals surface area (Å²) in [5.74, 6) is -0.143. The first kappa shape index (κ1) is 13.2. The van der Waals surface area contributed by atoms with E-state index in [0.29, 0.717) is 21.8 Å². The zero-order valence-corrected chi connectivity index (χ0v) is 12.6. The van der Waals surface area contributed by atoms with Gasteiger partial charge in [-0.05, 0) is 30.3 Å². The fourth-order valence-electron chi connectivity index (χ4n) is 2.15. The second-order valence-corrected chi connectivity index (χ2v) is 5.78. The van der Waals surface area contributed by atoms with Gasteiger partial charge in [-0.15, -0.1) is 0 Å². The molecule has 0 unspecified atom stereocenters. The molecule has 0 saturated heterocycles. The van der Waals surface area contributed by atoms with Gasteiger partial charge in [-0.3, -0.25) is 4.79 Å². The largest absolute Gasteiger partial charge is 0.399 e. The molecule has 0 saturated carbocycles. The number of anilines is 1. The maximum absolute atomic E-state index is 12.6. The number of nitrogens with one attached hydrogen (secondary N) is 1. The fourth-order valence-corrected chi connectivity index (χ4v) is 2.71. The van der Waals surface area contributed by atoms with E-state index in [1.54, 1.807) is 24.4 Å². The van der Waals surface area contributed by atoms with Crippen molar-refractivity contribution in [3.63, 3.8) is 0 Å². The Labute approximate surface area is 128 Å². The van der Waals surface area contributed by atoms with Gasteiger partial charge in [0, 0.05) is 38.4 Å². The number of carbonyl (C=O) groups excluding carboxylic acids is 1. The van der Waals surface area contributed by atoms with Crippen LogP contribution in [0.5, 0.6) is 0 Å². The second-order valence-electron chi connectivity index (χ2n) is 4.46. The maximum atomic E-state index is 12.6. The number of aromatic nitrogens is 1. The summed E-state index contributed by atoms with van der Waals surface area (Å²) in [5.41, 5.74) is 8.13. The third-order valence-corrected chi connectivity index (χ3v) is 3.95. The summed E-state index contributed by atoms with van der Waals surface area (Å²) in [5, 5.41) is 1.26. The van der Waals surface area contributed by atoms with Crippen molar-refractivity contribution in [1.29, 1.82) is 0 Å². The Kier molecular flexibility index (Phi) is 3.28. The van der Waals surface area contributed by atoms with Gasteiger partial charge in [0.1, 0.15) is 0 Å². The van der Waals surface area contributed by atoms with Gasteiger partial charge >= 0.3 is 0 Å². The molecule has 0 aliphatic heterocycles. The van der Waals surface area contributed by atoms with Gasteiger partial charge < -0.3 is 10.7 Å². The first-order valence-electron chi connectivity index (χ1n) is 5.92. The van der Waals surface area contributed by atoms with Crippen LogP contribution in [-0.4, -0.2) is 10.8 Å². The highest BCUT2D eigenvalue weighted by Crippen LogP contribution is 2.27. The summed E-state index contributed by atoms with van der Waals surface area (Å²) in [4.78, 5) is 15.7. The van der Waals surface area contributed by atoms with Crippen LogP contribution in [0.4, 0.5) is 5.69 Å². The molecule has 3 N–H and O–H groups in total. The molecule has 0 bridgehead atoms. The number of H-pyrrole nitrogens is 1. The number of nitrogen functional groups attached to an aromatic ring is 1. The average Bonchev–Trinajstić information content (AvgIpc) is 2.83. The Morgan fingerprint density at radius 2 is 1.95 bits per heavy atom. The molecule has 0 spiro atoms. The lowest BCUT2D eigenvalue weighted by atomic mass is 10.0. The molecule has 100 valence electrons. The van der Waals surface area contributed by atoms with E-state index in [9.17, 15) is 4.79 Å². The van der Waals surface area contributed by atoms with Gasteiger partial charge in [-0.25, -0.2) is 0 Å². The molecule has 3 nitrogen and oxygen atoms in total. The number of aromatic amines is 1. The number of carbonyl (C=O) groups is 1. The van der Waals surface area contributed by atoms with Crippen LogP contribution < -0.4 is 5.73 Å². The van der Waals surface area contributed by atoms with E-state index >= 15 is 0 Å². The van der Waals surface area contributed by atoms with Crippen molar-refractivity contribution in [2.24, 2.45) is 0 Å². The average molecular weight is 350 g/mol. The van der Waals surface area contributed by atoms with Crippen molar-refractivity contribution in [1.82, 2.24) is 4.98 Å². The molecule has 0 atom stereocenters. The summed E-state index contributed by atoms with van der Waals surface area (Å²) < 4.78 is 0.952. The summed E-state index contributed by atoms with van der Waals surface area (Å²) in [6.45, 7) is 0. The molecular formula is C15H10BrClN2O. The van der Waals surface area contributed by atoms with E-state index in [1.807, 2.05) is 18.2 Å². The molecular weight excluding hydrogens is 340 g/mol. The Bertz CT molecular complexity index is 826. The zero-order valence-electron chi connectivity index (χ0n) is 10.3. The smallest absolute Gasteiger partial charge is 0.196 e. The normalized spacial score (nSPS) is 10.9. The van der Waals surface area contributed by atoms with Gasteiger partial charge in [0.15, 0.2) is 5.78 Å². The van der Waals surface area contributed by atoms with E-state index in [1.165, 1.54) is 0 Å². The number of halogens is 2. The predicted molar refractivity (Wildman–Crippen MR) is 85.3 cm³/mol. The Morgan fingerprint density at radius 3 is 2.75 bits per heavy atom. The molecule has 0 radical (unpaired) electrons. The monoisotopic (exact) mass is 348 g/mol. The summed E-state index contributed by atoms with van der Waals surface area (Å²) in [7, 11) is 0. The zero-order chi connectivity index (χ0) is 14.3. The SMILES string of the molecule is Nc1ccc(Cl)c(C(=O)c2c[nH]c3cc(Br)ccc23)c1. The van der Waals surface area contributed by atoms with Crippen LogP contribution in [0.25, 0.3) is 10.9 Å². The van der Waals surface area contributed by atoms with Crippen LogP contribution in [0.1, 0.15) is 15.9 Å². The van der Waals surface area contributed by atoms with Crippen LogP contribution in [-0.2, 0) is 0 Å². The topological polar surface area (TPSA) is 58.9 Å². The van der Waals surface area contributed by atoms with Crippen LogP contribution in [0.3, 0.4) is 0 Å². The van der Waals surface area contributed by atoms with Gasteiger partial charge in [-0.2, -0.15) is 0 Å². The van der Waals surface area contributed by atoms with Crippen molar-refractivity contribution >= 4 is 49.9 Å². The van der Waals surface area contributed by atoms with Gasteiger partial charge in [0.25, 0.3) is 0 Å². The molecule has 1 heterocycles. The fraction of sp³-hybridized carbons (Fsp3) is 0. The quantitative estimate of drug-likeness (QED) is 0.532. The van der Waals surface area contributed by atoms with Crippen LogP contribution in [0.2, 0.25) is 5.02 Å². The Hall–Kier alpha value is -1.78. The lowest BCUT2D eigenvalue weighted by molar-refractivity contribution is 0.104. The number of nitrogens with two attached hydrogens (primary N) is 1. The lowest BCUT2D eigenvalue weighted by Gasteiger charge is -2.04. The highest BCUT2D eigenvalue weighted by Gasteiger charge is 2.17. The minimum absolute atomic E-state index is 0.143. The number of hydrogen-bond donors (Lipinski definition) is 2. The second kappa shape index (κ2) is 4.96. The highest BCUT2D eigenvalue weighted by molar-refractivity contribution is 9.10. The lowest BCUT2D eigenvalue weighted by Crippen LogP contribution is -2.02. The molecule has 0 aliphatic carbocycles. The van der Waals surface area contributed by atoms with Crippen LogP contribution in [0, 0.1) is 0 Å². The summed E-state index contributed by atoms with van der Waals surface area (Å²) >= 11 is 9.49. The molecule has 0 amide bonds. The van der Waals surface area contributed by atoms with Gasteiger partial charge in [-0.1, -0.05) is 33.6 Å². The number of rotatable bonds is 2. The van der Waals surface area contributed by atoms with E-state index in [2.05, 4.69) is 20.9 Å². The third-order valence-electron chi connectivity index (χ3n) is 3.12. The van der Waals surface area contributed by atoms with Crippen molar-refractivity contribution in [2.45, 2.75) is 0 Å². The summed E-state index contributed by atoms with van der Waals surface area (Å²) in [6, 6.07) is 10.6. The molecule has 20 heavy (non-hydrogen) atoms. The van der Waals surface area contributed by atoms with E-state index in [-0.39, 0.29) is 5.78 Å². The number of benzene rings is 2. The van der Waals surface area contributed by atoms with Crippen molar-refractivity contribution in [3.8, 4) is 0 Å². The first-order valence-corrected chi connectivity index (χ1v) is 7.10. The van der Waals surface area contributed by atoms with Crippen molar-refractivity contribution in [3.05, 3.63) is 63.2 Å². The Balaban J connectivity index is 2.15. The predicted octanol–water partition coefficient (Wildman–Crippen LogP) is 4.40. The van der Waals surface area contributed by atoms with Crippen LogP contribution in [0.15, 0.2) is 47.1 Å². The Morgan fingerprint density at radius 1 is 1.15 bits per heavy atom. The van der Waals surface area contributed by atoms with Crippen molar-refractivity contribution < 1.29 is 4.79 Å². The maximum Gasteiger partial charge on any atom is 0.196 e. The van der Waals surface area contributed by atoms with E-state index < -0.39 is 0 Å². The van der Waals surface area contributed by atoms with Gasteiger partial charge in [0.05, 0.1) is 5.02 Å². The molecule has 0 aliphatic rings. The molecule has 2 aromatic carbocycles. The molecule has 5 heteroatoms. The number of ketones is 1. The minimum atomic E-state index is -0.143. The summed E-state index contributed by atoms with van der Waals surface area (Å²) in [6.07, 6.45) is 1.69. The van der Waals surface area contributed by atoms with E-state index in [0.717, 1.165) is 15.4 Å². The molecule has 1 aromatic heterocycles. The standard InChI is InChI=1S/C15H10BrClN2O/c16-8-1-3-10-12(7-19-14(10)5-8)15(20)11-6-9(18)2-4-13(11)17/h1-7,19H,18H2. The van der Waals surface area contributed by atoms with Crippen molar-refractivity contribution in [2.75, 3.05) is 5.73 Å². The number of fused-ring (bicyclic) bond motifs is 1. The van der Waals surface area contributed by atoms with Crippen LogP contribution >= 0.6 is 27.5 Å². The highest BCUT2D eigenvalue weighted by atomic mass is 79.9. The van der Waals surface area contributed by atoms with Gasteiger partial charge in [0.2, 0.25) is 0 Å². The molecule has 0 fully saturated rings. The van der Waals surface area contributed by atoms with E-state index in [4.69, 9.17) is 17.3 Å². The third kappa shape index (κ3) is 2.21. The molecule has 3 rings (SSSR count).